The highest BCUT2D eigenvalue weighted by molar-refractivity contribution is 6.05. The lowest BCUT2D eigenvalue weighted by atomic mass is 10.1. The molecule has 0 spiro atoms. The molecule has 0 saturated heterocycles. The Labute approximate surface area is 130 Å². The van der Waals surface area contributed by atoms with Crippen LogP contribution in [0.4, 0.5) is 5.69 Å². The molecule has 0 heterocycles. The quantitative estimate of drug-likeness (QED) is 0.888. The van der Waals surface area contributed by atoms with Crippen LogP contribution in [0.3, 0.4) is 0 Å². The maximum absolute atomic E-state index is 12.2. The van der Waals surface area contributed by atoms with Crippen molar-refractivity contribution in [1.29, 1.82) is 0 Å². The molecule has 0 atom stereocenters. The van der Waals surface area contributed by atoms with E-state index in [0.29, 0.717) is 23.4 Å². The largest absolute Gasteiger partial charge is 0.352 e. The number of amides is 2. The van der Waals surface area contributed by atoms with Gasteiger partial charge in [0.15, 0.2) is 0 Å². The van der Waals surface area contributed by atoms with Crippen LogP contribution in [-0.4, -0.2) is 18.4 Å². The second kappa shape index (κ2) is 7.41. The van der Waals surface area contributed by atoms with Crippen molar-refractivity contribution in [3.63, 3.8) is 0 Å². The van der Waals surface area contributed by atoms with E-state index >= 15 is 0 Å². The van der Waals surface area contributed by atoms with E-state index in [0.717, 1.165) is 12.0 Å². The first-order valence-corrected chi connectivity index (χ1v) is 7.37. The highest BCUT2D eigenvalue weighted by atomic mass is 16.2. The molecule has 0 aromatic heterocycles. The van der Waals surface area contributed by atoms with Crippen molar-refractivity contribution in [1.82, 2.24) is 5.32 Å². The molecule has 2 N–H and O–H groups in total. The monoisotopic (exact) mass is 296 g/mol. The zero-order valence-corrected chi connectivity index (χ0v) is 12.8. The van der Waals surface area contributed by atoms with Gasteiger partial charge in [0, 0.05) is 23.4 Å². The predicted molar refractivity (Wildman–Crippen MR) is 88.2 cm³/mol. The molecule has 0 aliphatic carbocycles. The molecule has 114 valence electrons. The summed E-state index contributed by atoms with van der Waals surface area (Å²) in [5.74, 6) is -0.313. The van der Waals surface area contributed by atoms with Gasteiger partial charge in [-0.1, -0.05) is 31.2 Å². The lowest BCUT2D eigenvalue weighted by molar-refractivity contribution is 0.0952. The first kappa shape index (κ1) is 15.8. The molecule has 4 nitrogen and oxygen atoms in total. The summed E-state index contributed by atoms with van der Waals surface area (Å²) in [6.45, 7) is 4.54. The van der Waals surface area contributed by atoms with Gasteiger partial charge >= 0.3 is 0 Å². The predicted octanol–water partition coefficient (Wildman–Crippen LogP) is 3.39. The number of hydrogen-bond donors (Lipinski definition) is 2. The summed E-state index contributed by atoms with van der Waals surface area (Å²) in [6.07, 6.45) is 0.884. The molecule has 0 fully saturated rings. The number of rotatable bonds is 5. The Bertz CT molecular complexity index is 666. The fourth-order valence-electron chi connectivity index (χ4n) is 2.02. The summed E-state index contributed by atoms with van der Waals surface area (Å²) in [6, 6.07) is 14.3. The molecular weight excluding hydrogens is 276 g/mol. The molecule has 0 aliphatic rings. The summed E-state index contributed by atoms with van der Waals surface area (Å²) in [4.78, 5) is 24.2. The van der Waals surface area contributed by atoms with Gasteiger partial charge in [0.05, 0.1) is 0 Å². The smallest absolute Gasteiger partial charge is 0.255 e. The molecule has 0 aliphatic heterocycles. The summed E-state index contributed by atoms with van der Waals surface area (Å²) in [5, 5.41) is 5.69. The summed E-state index contributed by atoms with van der Waals surface area (Å²) >= 11 is 0. The van der Waals surface area contributed by atoms with E-state index in [9.17, 15) is 9.59 Å². The van der Waals surface area contributed by atoms with Crippen LogP contribution in [0, 0.1) is 6.92 Å². The Morgan fingerprint density at radius 2 is 1.68 bits per heavy atom. The zero-order chi connectivity index (χ0) is 15.9. The fourth-order valence-corrected chi connectivity index (χ4v) is 2.02. The van der Waals surface area contributed by atoms with Crippen LogP contribution >= 0.6 is 0 Å². The Hall–Kier alpha value is -2.62. The van der Waals surface area contributed by atoms with Crippen LogP contribution in [0.15, 0.2) is 48.5 Å². The molecule has 2 amide bonds. The number of carbonyl (C=O) groups is 2. The van der Waals surface area contributed by atoms with Gasteiger partial charge in [-0.25, -0.2) is 0 Å². The Kier molecular flexibility index (Phi) is 5.31. The molecule has 0 unspecified atom stereocenters. The zero-order valence-electron chi connectivity index (χ0n) is 12.8. The molecule has 2 aromatic carbocycles. The van der Waals surface area contributed by atoms with Gasteiger partial charge in [-0.05, 0) is 43.2 Å². The van der Waals surface area contributed by atoms with Gasteiger partial charge in [0.2, 0.25) is 0 Å². The highest BCUT2D eigenvalue weighted by Gasteiger charge is 2.10. The topological polar surface area (TPSA) is 58.2 Å². The van der Waals surface area contributed by atoms with Crippen LogP contribution in [0.5, 0.6) is 0 Å². The molecule has 4 heteroatoms. The van der Waals surface area contributed by atoms with Crippen LogP contribution < -0.4 is 10.6 Å². The second-order valence-electron chi connectivity index (χ2n) is 5.11. The van der Waals surface area contributed by atoms with Gasteiger partial charge in [-0.2, -0.15) is 0 Å². The van der Waals surface area contributed by atoms with Crippen molar-refractivity contribution < 1.29 is 9.59 Å². The molecule has 22 heavy (non-hydrogen) atoms. The lowest BCUT2D eigenvalue weighted by Gasteiger charge is -2.11. The van der Waals surface area contributed by atoms with Crippen LogP contribution in [-0.2, 0) is 0 Å². The van der Waals surface area contributed by atoms with Gasteiger partial charge in [0.25, 0.3) is 11.8 Å². The number of nitrogens with one attached hydrogen (secondary N) is 2. The van der Waals surface area contributed by atoms with Crippen molar-refractivity contribution in [2.75, 3.05) is 11.9 Å². The van der Waals surface area contributed by atoms with Crippen molar-refractivity contribution in [3.8, 4) is 0 Å². The average Bonchev–Trinajstić information content (AvgIpc) is 2.55. The summed E-state index contributed by atoms with van der Waals surface area (Å²) in [5.41, 5.74) is 2.69. The van der Waals surface area contributed by atoms with E-state index in [2.05, 4.69) is 10.6 Å². The fraction of sp³-hybridized carbons (Fsp3) is 0.222. The molecule has 0 saturated carbocycles. The Morgan fingerprint density at radius 1 is 0.955 bits per heavy atom. The van der Waals surface area contributed by atoms with E-state index < -0.39 is 0 Å². The van der Waals surface area contributed by atoms with E-state index in [4.69, 9.17) is 0 Å². The first-order chi connectivity index (χ1) is 10.6. The highest BCUT2D eigenvalue weighted by Crippen LogP contribution is 2.18. The third-order valence-corrected chi connectivity index (χ3v) is 3.32. The number of anilines is 1. The van der Waals surface area contributed by atoms with E-state index in [1.807, 2.05) is 38.1 Å². The molecule has 2 aromatic rings. The van der Waals surface area contributed by atoms with Gasteiger partial charge < -0.3 is 10.6 Å². The first-order valence-electron chi connectivity index (χ1n) is 7.37. The second-order valence-corrected chi connectivity index (χ2v) is 5.11. The van der Waals surface area contributed by atoms with E-state index in [1.54, 1.807) is 24.3 Å². The van der Waals surface area contributed by atoms with Crippen LogP contribution in [0.25, 0.3) is 0 Å². The summed E-state index contributed by atoms with van der Waals surface area (Å²) in [7, 11) is 0. The minimum atomic E-state index is -0.185. The minimum absolute atomic E-state index is 0.128. The normalized spacial score (nSPS) is 10.1. The van der Waals surface area contributed by atoms with Crippen LogP contribution in [0.1, 0.15) is 39.6 Å². The lowest BCUT2D eigenvalue weighted by Crippen LogP contribution is -2.24. The molecule has 0 bridgehead atoms. The third-order valence-electron chi connectivity index (χ3n) is 3.32. The number of benzene rings is 2. The van der Waals surface area contributed by atoms with Crippen molar-refractivity contribution in [3.05, 3.63) is 65.2 Å². The Balaban J connectivity index is 2.17. The minimum Gasteiger partial charge on any atom is -0.352 e. The maximum Gasteiger partial charge on any atom is 0.255 e. The number of carbonyl (C=O) groups excluding carboxylic acids is 2. The van der Waals surface area contributed by atoms with Crippen molar-refractivity contribution in [2.24, 2.45) is 0 Å². The number of aryl methyl sites for hydroxylation is 1. The standard InChI is InChI=1S/C18H20N2O2/c1-3-11-19-17(21)15-10-9-13(2)16(12-15)20-18(22)14-7-5-4-6-8-14/h4-10,12H,3,11H2,1-2H3,(H,19,21)(H,20,22). The van der Waals surface area contributed by atoms with Crippen molar-refractivity contribution in [2.45, 2.75) is 20.3 Å². The SMILES string of the molecule is CCCNC(=O)c1ccc(C)c(NC(=O)c2ccccc2)c1. The molecule has 0 radical (unpaired) electrons. The van der Waals surface area contributed by atoms with E-state index in [1.165, 1.54) is 0 Å². The molecular formula is C18H20N2O2. The van der Waals surface area contributed by atoms with Crippen LogP contribution in [0.2, 0.25) is 0 Å². The Morgan fingerprint density at radius 3 is 2.36 bits per heavy atom. The van der Waals surface area contributed by atoms with E-state index in [-0.39, 0.29) is 11.8 Å². The summed E-state index contributed by atoms with van der Waals surface area (Å²) < 4.78 is 0. The number of hydrogen-bond acceptors (Lipinski definition) is 2. The maximum atomic E-state index is 12.2. The van der Waals surface area contributed by atoms with Gasteiger partial charge in [0.1, 0.15) is 0 Å². The van der Waals surface area contributed by atoms with Gasteiger partial charge in [-0.3, -0.25) is 9.59 Å². The molecule has 2 rings (SSSR count). The third kappa shape index (κ3) is 3.95. The van der Waals surface area contributed by atoms with Gasteiger partial charge in [-0.15, -0.1) is 0 Å². The average molecular weight is 296 g/mol. The van der Waals surface area contributed by atoms with Crippen molar-refractivity contribution >= 4 is 17.5 Å².